The number of hydrogen-bond donors (Lipinski definition) is 2. The average Bonchev–Trinajstić information content (AvgIpc) is 2.66. The molecule has 27 heavy (non-hydrogen) atoms. The van der Waals surface area contributed by atoms with Crippen molar-refractivity contribution in [1.82, 2.24) is 0 Å². The fourth-order valence-electron chi connectivity index (χ4n) is 2.62. The summed E-state index contributed by atoms with van der Waals surface area (Å²) in [6, 6.07) is 12.8. The summed E-state index contributed by atoms with van der Waals surface area (Å²) in [5, 5.41) is 12.2. The van der Waals surface area contributed by atoms with E-state index in [2.05, 4.69) is 19.2 Å². The molecule has 0 aromatic heterocycles. The number of carbonyl (C=O) groups is 2. The lowest BCUT2D eigenvalue weighted by molar-refractivity contribution is -0.148. The van der Waals surface area contributed by atoms with Gasteiger partial charge in [-0.3, -0.25) is 9.59 Å². The average molecular weight is 369 g/mol. The van der Waals surface area contributed by atoms with Gasteiger partial charge >= 0.3 is 5.97 Å². The van der Waals surface area contributed by atoms with Crippen LogP contribution in [0.2, 0.25) is 0 Å². The number of aliphatic carboxylic acids is 1. The lowest BCUT2D eigenvalue weighted by Gasteiger charge is -2.19. The predicted molar refractivity (Wildman–Crippen MR) is 107 cm³/mol. The van der Waals surface area contributed by atoms with Crippen LogP contribution in [0.3, 0.4) is 0 Å². The lowest BCUT2D eigenvalue weighted by Crippen LogP contribution is -2.30. The van der Waals surface area contributed by atoms with E-state index in [9.17, 15) is 9.59 Å². The number of anilines is 1. The number of ether oxygens (including phenoxy) is 1. The zero-order valence-corrected chi connectivity index (χ0v) is 16.3. The van der Waals surface area contributed by atoms with Crippen LogP contribution in [0.15, 0.2) is 42.5 Å². The number of carbonyl (C=O) groups excluding carboxylic acids is 1. The molecule has 0 fully saturated rings. The molecule has 144 valence electrons. The van der Waals surface area contributed by atoms with Gasteiger partial charge in [0.1, 0.15) is 12.4 Å². The maximum absolute atomic E-state index is 12.6. The van der Waals surface area contributed by atoms with Crippen LogP contribution in [0.5, 0.6) is 5.75 Å². The third-order valence-corrected chi connectivity index (χ3v) is 4.53. The van der Waals surface area contributed by atoms with E-state index in [4.69, 9.17) is 9.84 Å². The molecule has 5 nitrogen and oxygen atoms in total. The Morgan fingerprint density at radius 2 is 1.56 bits per heavy atom. The van der Waals surface area contributed by atoms with E-state index in [0.717, 1.165) is 29.7 Å². The van der Waals surface area contributed by atoms with Crippen LogP contribution in [0.25, 0.3) is 0 Å². The number of rotatable bonds is 8. The van der Waals surface area contributed by atoms with E-state index in [-0.39, 0.29) is 12.5 Å². The molecule has 0 aliphatic carbocycles. The number of nitrogens with one attached hydrogen (secondary N) is 1. The Morgan fingerprint density at radius 3 is 2.04 bits per heavy atom. The number of amides is 1. The highest BCUT2D eigenvalue weighted by atomic mass is 16.5. The first-order chi connectivity index (χ1) is 12.8. The molecule has 2 aromatic carbocycles. The summed E-state index contributed by atoms with van der Waals surface area (Å²) in [6.45, 7) is 7.39. The van der Waals surface area contributed by atoms with E-state index in [1.807, 2.05) is 18.2 Å². The van der Waals surface area contributed by atoms with Crippen molar-refractivity contribution in [3.63, 3.8) is 0 Å². The summed E-state index contributed by atoms with van der Waals surface area (Å²) in [6.07, 6.45) is 1.69. The van der Waals surface area contributed by atoms with E-state index >= 15 is 0 Å². The van der Waals surface area contributed by atoms with Crippen LogP contribution in [-0.2, 0) is 17.6 Å². The Hall–Kier alpha value is -2.82. The minimum absolute atomic E-state index is 0.0532. The molecule has 1 amide bonds. The van der Waals surface area contributed by atoms with Gasteiger partial charge in [-0.05, 0) is 62.1 Å². The Labute approximate surface area is 160 Å². The Balaban J connectivity index is 2.10. The molecule has 2 N–H and O–H groups in total. The van der Waals surface area contributed by atoms with Gasteiger partial charge in [-0.2, -0.15) is 0 Å². The topological polar surface area (TPSA) is 75.6 Å². The molecule has 0 aliphatic heterocycles. The number of benzene rings is 2. The second-order valence-corrected chi connectivity index (χ2v) is 7.11. The monoisotopic (exact) mass is 369 g/mol. The maximum Gasteiger partial charge on any atom is 0.312 e. The van der Waals surface area contributed by atoms with Crippen LogP contribution >= 0.6 is 0 Å². The molecular formula is C22H27NO4. The zero-order chi connectivity index (χ0) is 20.0. The molecule has 0 atom stereocenters. The van der Waals surface area contributed by atoms with Crippen molar-refractivity contribution in [1.29, 1.82) is 0 Å². The van der Waals surface area contributed by atoms with E-state index < -0.39 is 11.4 Å². The molecule has 5 heteroatoms. The van der Waals surface area contributed by atoms with Crippen molar-refractivity contribution in [2.45, 2.75) is 40.5 Å². The highest BCUT2D eigenvalue weighted by molar-refractivity contribution is 6.05. The van der Waals surface area contributed by atoms with Crippen molar-refractivity contribution >= 4 is 17.6 Å². The second-order valence-electron chi connectivity index (χ2n) is 7.11. The smallest absolute Gasteiger partial charge is 0.312 e. The van der Waals surface area contributed by atoms with Gasteiger partial charge in [-0.25, -0.2) is 0 Å². The fourth-order valence-corrected chi connectivity index (χ4v) is 2.62. The molecule has 0 saturated carbocycles. The van der Waals surface area contributed by atoms with Gasteiger partial charge in [-0.15, -0.1) is 0 Å². The molecule has 0 unspecified atom stereocenters. The molecule has 0 heterocycles. The number of aryl methyl sites for hydroxylation is 2. The Bertz CT molecular complexity index is 787. The molecule has 0 bridgehead atoms. The van der Waals surface area contributed by atoms with Crippen molar-refractivity contribution in [3.05, 3.63) is 59.2 Å². The third-order valence-electron chi connectivity index (χ3n) is 4.53. The molecule has 0 spiro atoms. The maximum atomic E-state index is 12.6. The predicted octanol–water partition coefficient (Wildman–Crippen LogP) is 4.55. The van der Waals surface area contributed by atoms with E-state index in [1.165, 1.54) is 0 Å². The Morgan fingerprint density at radius 1 is 1.00 bits per heavy atom. The van der Waals surface area contributed by atoms with Gasteiger partial charge in [0.25, 0.3) is 5.91 Å². The molecule has 0 aliphatic rings. The van der Waals surface area contributed by atoms with Crippen LogP contribution < -0.4 is 10.1 Å². The van der Waals surface area contributed by atoms with Gasteiger partial charge in [-0.1, -0.05) is 32.0 Å². The number of para-hydroxylation sites is 1. The highest BCUT2D eigenvalue weighted by Gasteiger charge is 2.28. The van der Waals surface area contributed by atoms with Crippen molar-refractivity contribution in [2.24, 2.45) is 5.41 Å². The SMILES string of the molecule is CCc1cccc(CC)c1NC(=O)c1ccc(OCC(C)(C)C(=O)O)cc1. The van der Waals surface area contributed by atoms with Crippen molar-refractivity contribution in [2.75, 3.05) is 11.9 Å². The summed E-state index contributed by atoms with van der Waals surface area (Å²) in [5.74, 6) is -0.563. The Kier molecular flexibility index (Phi) is 6.61. The number of hydrogen-bond acceptors (Lipinski definition) is 3. The first kappa shape index (κ1) is 20.5. The van der Waals surface area contributed by atoms with E-state index in [0.29, 0.717) is 11.3 Å². The van der Waals surface area contributed by atoms with Crippen LogP contribution in [0.4, 0.5) is 5.69 Å². The van der Waals surface area contributed by atoms with Crippen LogP contribution in [0.1, 0.15) is 49.2 Å². The molecule has 0 saturated heterocycles. The first-order valence-electron chi connectivity index (χ1n) is 9.16. The van der Waals surface area contributed by atoms with Gasteiger partial charge in [0.05, 0.1) is 5.41 Å². The van der Waals surface area contributed by atoms with Crippen molar-refractivity contribution < 1.29 is 19.4 Å². The third kappa shape index (κ3) is 5.09. The van der Waals surface area contributed by atoms with Crippen LogP contribution in [-0.4, -0.2) is 23.6 Å². The molecule has 2 aromatic rings. The van der Waals surface area contributed by atoms with Gasteiger partial charge in [0.2, 0.25) is 0 Å². The van der Waals surface area contributed by atoms with Crippen LogP contribution in [0, 0.1) is 5.41 Å². The summed E-state index contributed by atoms with van der Waals surface area (Å²) >= 11 is 0. The first-order valence-corrected chi connectivity index (χ1v) is 9.16. The summed E-state index contributed by atoms with van der Waals surface area (Å²) < 4.78 is 5.55. The molecule has 0 radical (unpaired) electrons. The quantitative estimate of drug-likeness (QED) is 0.715. The largest absolute Gasteiger partial charge is 0.492 e. The number of carboxylic acids is 1. The lowest BCUT2D eigenvalue weighted by atomic mass is 9.95. The second kappa shape index (κ2) is 8.71. The minimum atomic E-state index is -0.976. The normalized spacial score (nSPS) is 11.1. The van der Waals surface area contributed by atoms with Gasteiger partial charge < -0.3 is 15.2 Å². The van der Waals surface area contributed by atoms with Gasteiger partial charge in [0, 0.05) is 11.3 Å². The molecule has 2 rings (SSSR count). The zero-order valence-electron chi connectivity index (χ0n) is 16.3. The number of carboxylic acid groups (broad SMARTS) is 1. The summed E-state index contributed by atoms with van der Waals surface area (Å²) in [5.41, 5.74) is 2.65. The fraction of sp³-hybridized carbons (Fsp3) is 0.364. The van der Waals surface area contributed by atoms with Gasteiger partial charge in [0.15, 0.2) is 0 Å². The van der Waals surface area contributed by atoms with Crippen molar-refractivity contribution in [3.8, 4) is 5.75 Å². The summed E-state index contributed by atoms with van der Waals surface area (Å²) in [7, 11) is 0. The minimum Gasteiger partial charge on any atom is -0.492 e. The summed E-state index contributed by atoms with van der Waals surface area (Å²) in [4.78, 5) is 23.8. The standard InChI is InChI=1S/C22H27NO4/c1-5-15-8-7-9-16(6-2)19(15)23-20(24)17-10-12-18(13-11-17)27-14-22(3,4)21(25)26/h7-13H,5-6,14H2,1-4H3,(H,23,24)(H,25,26). The van der Waals surface area contributed by atoms with E-state index in [1.54, 1.807) is 38.1 Å². The highest BCUT2D eigenvalue weighted by Crippen LogP contribution is 2.24. The molecular weight excluding hydrogens is 342 g/mol.